The molecular weight excluding hydrogens is 178 g/mol. The fourth-order valence-electron chi connectivity index (χ4n) is 0.977. The van der Waals surface area contributed by atoms with Crippen LogP contribution in [0.1, 0.15) is 0 Å². The minimum Gasteiger partial charge on any atom is -0.399 e. The molecule has 0 fully saturated rings. The van der Waals surface area contributed by atoms with Gasteiger partial charge in [0.05, 0.1) is 7.11 Å². The summed E-state index contributed by atoms with van der Waals surface area (Å²) in [5.74, 6) is -1.50. The average Bonchev–Trinajstić information content (AvgIpc) is 2.02. The van der Waals surface area contributed by atoms with Gasteiger partial charge in [0.25, 0.3) is 0 Å². The van der Waals surface area contributed by atoms with Crippen LogP contribution in [0.25, 0.3) is 0 Å². The number of hydroxylamine groups is 1. The minimum atomic E-state index is -0.748. The smallest absolute Gasteiger partial charge is 0.153 e. The number of nitrogens with two attached hydrogens (primary N) is 1. The van der Waals surface area contributed by atoms with Crippen molar-refractivity contribution in [2.24, 2.45) is 0 Å². The second-order valence-electron chi connectivity index (χ2n) is 2.51. The van der Waals surface area contributed by atoms with Crippen molar-refractivity contribution in [3.05, 3.63) is 23.8 Å². The van der Waals surface area contributed by atoms with Gasteiger partial charge in [-0.25, -0.2) is 8.78 Å². The Bertz CT molecular complexity index is 294. The van der Waals surface area contributed by atoms with Crippen LogP contribution in [0.2, 0.25) is 0 Å². The molecule has 0 saturated carbocycles. The maximum absolute atomic E-state index is 13.1. The molecule has 0 aromatic heterocycles. The van der Waals surface area contributed by atoms with Gasteiger partial charge < -0.3 is 5.73 Å². The van der Waals surface area contributed by atoms with Crippen LogP contribution in [0, 0.1) is 11.6 Å². The van der Waals surface area contributed by atoms with Crippen molar-refractivity contribution in [2.45, 2.75) is 0 Å². The van der Waals surface area contributed by atoms with Gasteiger partial charge in [0.1, 0.15) is 5.69 Å². The molecule has 0 amide bonds. The summed E-state index contributed by atoms with van der Waals surface area (Å²) < 4.78 is 26.2. The van der Waals surface area contributed by atoms with Gasteiger partial charge in [0.15, 0.2) is 11.6 Å². The SMILES string of the molecule is CON(C)c1c(F)cc(N)cc1F. The van der Waals surface area contributed by atoms with Gasteiger partial charge in [-0.1, -0.05) is 0 Å². The van der Waals surface area contributed by atoms with Crippen LogP contribution in [-0.4, -0.2) is 14.2 Å². The van der Waals surface area contributed by atoms with Gasteiger partial charge in [-0.2, -0.15) is 0 Å². The summed E-state index contributed by atoms with van der Waals surface area (Å²) in [5.41, 5.74) is 5.02. The molecule has 1 aromatic rings. The van der Waals surface area contributed by atoms with E-state index >= 15 is 0 Å². The van der Waals surface area contributed by atoms with Gasteiger partial charge in [-0.05, 0) is 12.1 Å². The van der Waals surface area contributed by atoms with Crippen LogP contribution < -0.4 is 10.8 Å². The van der Waals surface area contributed by atoms with Crippen molar-refractivity contribution in [3.8, 4) is 0 Å². The molecule has 0 aliphatic rings. The Morgan fingerprint density at radius 3 is 2.15 bits per heavy atom. The van der Waals surface area contributed by atoms with Crippen LogP contribution in [0.5, 0.6) is 0 Å². The monoisotopic (exact) mass is 188 g/mol. The molecule has 5 heteroatoms. The van der Waals surface area contributed by atoms with E-state index in [1.54, 1.807) is 0 Å². The average molecular weight is 188 g/mol. The molecule has 0 heterocycles. The Morgan fingerprint density at radius 2 is 1.77 bits per heavy atom. The van der Waals surface area contributed by atoms with E-state index in [0.717, 1.165) is 17.2 Å². The first-order valence-electron chi connectivity index (χ1n) is 3.58. The number of nitrogens with zero attached hydrogens (tertiary/aromatic N) is 1. The molecule has 0 aliphatic carbocycles. The molecule has 0 radical (unpaired) electrons. The molecule has 0 aliphatic heterocycles. The third-order valence-corrected chi connectivity index (χ3v) is 1.63. The Labute approximate surface area is 74.7 Å². The highest BCUT2D eigenvalue weighted by atomic mass is 19.1. The predicted molar refractivity (Wildman–Crippen MR) is 46.2 cm³/mol. The zero-order valence-corrected chi connectivity index (χ0v) is 7.34. The van der Waals surface area contributed by atoms with Crippen molar-refractivity contribution < 1.29 is 13.6 Å². The van der Waals surface area contributed by atoms with Crippen molar-refractivity contribution in [1.29, 1.82) is 0 Å². The number of anilines is 2. The van der Waals surface area contributed by atoms with E-state index in [1.165, 1.54) is 14.2 Å². The molecule has 3 nitrogen and oxygen atoms in total. The molecule has 0 spiro atoms. The van der Waals surface area contributed by atoms with Crippen molar-refractivity contribution >= 4 is 11.4 Å². The van der Waals surface area contributed by atoms with E-state index in [9.17, 15) is 8.78 Å². The first-order valence-corrected chi connectivity index (χ1v) is 3.58. The highest BCUT2D eigenvalue weighted by Gasteiger charge is 2.14. The lowest BCUT2D eigenvalue weighted by atomic mass is 10.2. The maximum atomic E-state index is 13.1. The largest absolute Gasteiger partial charge is 0.399 e. The van der Waals surface area contributed by atoms with Crippen LogP contribution in [0.4, 0.5) is 20.2 Å². The minimum absolute atomic E-state index is 0.0447. The molecule has 72 valence electrons. The van der Waals surface area contributed by atoms with Gasteiger partial charge in [0, 0.05) is 12.7 Å². The number of hydrogen-bond donors (Lipinski definition) is 1. The van der Waals surface area contributed by atoms with Crippen LogP contribution in [-0.2, 0) is 4.84 Å². The van der Waals surface area contributed by atoms with E-state index in [2.05, 4.69) is 4.84 Å². The highest BCUT2D eigenvalue weighted by molar-refractivity contribution is 5.53. The fraction of sp³-hybridized carbons (Fsp3) is 0.250. The molecular formula is C8H10F2N2O. The van der Waals surface area contributed by atoms with E-state index in [1.807, 2.05) is 0 Å². The Balaban J connectivity index is 3.20. The summed E-state index contributed by atoms with van der Waals surface area (Å²) in [7, 11) is 2.72. The molecule has 0 bridgehead atoms. The third kappa shape index (κ3) is 1.86. The number of hydrogen-bond acceptors (Lipinski definition) is 3. The lowest BCUT2D eigenvalue weighted by molar-refractivity contribution is 0.180. The van der Waals surface area contributed by atoms with Crippen molar-refractivity contribution in [1.82, 2.24) is 0 Å². The van der Waals surface area contributed by atoms with E-state index in [4.69, 9.17) is 5.73 Å². The van der Waals surface area contributed by atoms with Gasteiger partial charge in [-0.15, -0.1) is 0 Å². The number of benzene rings is 1. The van der Waals surface area contributed by atoms with E-state index in [0.29, 0.717) is 0 Å². The molecule has 0 unspecified atom stereocenters. The summed E-state index contributed by atoms with van der Waals surface area (Å²) in [6.45, 7) is 0. The standard InChI is InChI=1S/C8H10F2N2O/c1-12(13-2)8-6(9)3-5(11)4-7(8)10/h3-4H,11H2,1-2H3. The quantitative estimate of drug-likeness (QED) is 0.565. The molecule has 0 atom stereocenters. The Morgan fingerprint density at radius 1 is 1.31 bits per heavy atom. The summed E-state index contributed by atoms with van der Waals surface area (Å²) in [5, 5.41) is 0.990. The Hall–Kier alpha value is -1.36. The first-order chi connectivity index (χ1) is 6.06. The van der Waals surface area contributed by atoms with Gasteiger partial charge >= 0.3 is 0 Å². The normalized spacial score (nSPS) is 10.2. The maximum Gasteiger partial charge on any atom is 0.153 e. The molecule has 13 heavy (non-hydrogen) atoms. The number of nitrogen functional groups attached to an aromatic ring is 1. The summed E-state index contributed by atoms with van der Waals surface area (Å²) in [4.78, 5) is 4.65. The summed E-state index contributed by atoms with van der Waals surface area (Å²) >= 11 is 0. The fourth-order valence-corrected chi connectivity index (χ4v) is 0.977. The molecule has 2 N–H and O–H groups in total. The van der Waals surface area contributed by atoms with Gasteiger partial charge in [-0.3, -0.25) is 9.90 Å². The topological polar surface area (TPSA) is 38.5 Å². The lowest BCUT2D eigenvalue weighted by Crippen LogP contribution is -2.18. The van der Waals surface area contributed by atoms with Gasteiger partial charge in [0.2, 0.25) is 0 Å². The lowest BCUT2D eigenvalue weighted by Gasteiger charge is -2.17. The molecule has 0 saturated heterocycles. The number of halogens is 2. The second kappa shape index (κ2) is 3.57. The third-order valence-electron chi connectivity index (χ3n) is 1.63. The van der Waals surface area contributed by atoms with Crippen molar-refractivity contribution in [3.63, 3.8) is 0 Å². The zero-order chi connectivity index (χ0) is 10.0. The Kier molecular flexibility index (Phi) is 2.67. The summed E-state index contributed by atoms with van der Waals surface area (Å²) in [6.07, 6.45) is 0. The molecule has 1 aromatic carbocycles. The van der Waals surface area contributed by atoms with Crippen LogP contribution in [0.15, 0.2) is 12.1 Å². The van der Waals surface area contributed by atoms with Crippen LogP contribution >= 0.6 is 0 Å². The molecule has 1 rings (SSSR count). The second-order valence-corrected chi connectivity index (χ2v) is 2.51. The van der Waals surface area contributed by atoms with Crippen molar-refractivity contribution in [2.75, 3.05) is 25.0 Å². The zero-order valence-electron chi connectivity index (χ0n) is 7.34. The number of rotatable bonds is 2. The predicted octanol–water partition coefficient (Wildman–Crippen LogP) is 1.54. The first kappa shape index (κ1) is 9.73. The van der Waals surface area contributed by atoms with Crippen LogP contribution in [0.3, 0.4) is 0 Å². The highest BCUT2D eigenvalue weighted by Crippen LogP contribution is 2.24. The van der Waals surface area contributed by atoms with E-state index < -0.39 is 11.6 Å². The summed E-state index contributed by atoms with van der Waals surface area (Å²) in [6, 6.07) is 2.07. The van der Waals surface area contributed by atoms with E-state index in [-0.39, 0.29) is 11.4 Å².